The molecule has 0 amide bonds. The lowest BCUT2D eigenvalue weighted by Gasteiger charge is -2.33. The van der Waals surface area contributed by atoms with Gasteiger partial charge in [0, 0.05) is 0 Å². The number of nitrogens with one attached hydrogen (secondary N) is 1. The Hall–Kier alpha value is -1.20. The molecule has 0 spiro atoms. The van der Waals surface area contributed by atoms with Crippen molar-refractivity contribution in [3.63, 3.8) is 0 Å². The van der Waals surface area contributed by atoms with E-state index >= 15 is 0 Å². The maximum atomic E-state index is 12.9. The summed E-state index contributed by atoms with van der Waals surface area (Å²) in [5.41, 5.74) is 0.460. The Morgan fingerprint density at radius 2 is 1.82 bits per heavy atom. The Morgan fingerprint density at radius 1 is 1.27 bits per heavy atom. The highest BCUT2D eigenvalue weighted by Gasteiger charge is 2.31. The van der Waals surface area contributed by atoms with Gasteiger partial charge in [-0.3, -0.25) is 0 Å². The van der Waals surface area contributed by atoms with Crippen LogP contribution in [0.3, 0.4) is 0 Å². The van der Waals surface area contributed by atoms with E-state index < -0.39 is 16.5 Å². The van der Waals surface area contributed by atoms with E-state index in [4.69, 9.17) is 4.74 Å². The van der Waals surface area contributed by atoms with E-state index in [1.807, 2.05) is 34.6 Å². The molecule has 0 aliphatic heterocycles. The molecule has 0 aliphatic carbocycles. The Bertz CT molecular complexity index is 537. The highest BCUT2D eigenvalue weighted by Crippen LogP contribution is 2.21. The van der Waals surface area contributed by atoms with Crippen molar-refractivity contribution >= 4 is 11.0 Å². The first kappa shape index (κ1) is 18.8. The van der Waals surface area contributed by atoms with Gasteiger partial charge in [-0.25, -0.2) is 13.3 Å². The summed E-state index contributed by atoms with van der Waals surface area (Å²) in [6, 6.07) is 5.87. The summed E-state index contributed by atoms with van der Waals surface area (Å²) in [5.74, 6) is 0.279. The van der Waals surface area contributed by atoms with Gasteiger partial charge in [-0.1, -0.05) is 5.57 Å². The summed E-state index contributed by atoms with van der Waals surface area (Å²) < 4.78 is 33.8. The van der Waals surface area contributed by atoms with Crippen LogP contribution in [0.15, 0.2) is 36.4 Å². The lowest BCUT2D eigenvalue weighted by molar-refractivity contribution is 0.215. The number of ether oxygens (including phenoxy) is 1. The Kier molecular flexibility index (Phi) is 6.32. The van der Waals surface area contributed by atoms with Crippen molar-refractivity contribution < 1.29 is 13.3 Å². The molecule has 0 aliphatic rings. The second-order valence-corrected chi connectivity index (χ2v) is 8.89. The van der Waals surface area contributed by atoms with Crippen LogP contribution in [-0.4, -0.2) is 21.1 Å². The minimum absolute atomic E-state index is 0.302. The smallest absolute Gasteiger partial charge is 0.123 e. The van der Waals surface area contributed by atoms with Crippen molar-refractivity contribution in [2.75, 3.05) is 6.61 Å². The molecule has 0 radical (unpaired) electrons. The molecule has 3 nitrogen and oxygen atoms in total. The van der Waals surface area contributed by atoms with Crippen molar-refractivity contribution in [3.05, 3.63) is 42.2 Å². The Labute approximate surface area is 135 Å². The summed E-state index contributed by atoms with van der Waals surface area (Å²) in [7, 11) is -1.22. The quantitative estimate of drug-likeness (QED) is 0.769. The third kappa shape index (κ3) is 6.28. The van der Waals surface area contributed by atoms with Gasteiger partial charge in [-0.05, 0) is 65.3 Å². The molecule has 0 fully saturated rings. The van der Waals surface area contributed by atoms with Gasteiger partial charge in [-0.15, -0.1) is 6.58 Å². The molecule has 0 saturated carbocycles. The molecule has 0 bridgehead atoms. The molecule has 1 aromatic rings. The third-order valence-corrected chi connectivity index (χ3v) is 4.75. The highest BCUT2D eigenvalue weighted by molar-refractivity contribution is 7.84. The maximum Gasteiger partial charge on any atom is 0.123 e. The molecule has 2 unspecified atom stereocenters. The van der Waals surface area contributed by atoms with Gasteiger partial charge in [0.25, 0.3) is 0 Å². The van der Waals surface area contributed by atoms with E-state index in [-0.39, 0.29) is 10.6 Å². The molecule has 0 aromatic heterocycles. The number of halogens is 1. The average molecular weight is 327 g/mol. The highest BCUT2D eigenvalue weighted by atomic mass is 32.2. The van der Waals surface area contributed by atoms with Gasteiger partial charge in [-0.2, -0.15) is 0 Å². The topological polar surface area (TPSA) is 38.3 Å². The monoisotopic (exact) mass is 327 g/mol. The molecule has 124 valence electrons. The molecule has 0 heterocycles. The Morgan fingerprint density at radius 3 is 2.27 bits per heavy atom. The normalized spacial score (nSPS) is 15.9. The summed E-state index contributed by atoms with van der Waals surface area (Å²) in [6.45, 7) is 13.9. The third-order valence-electron chi connectivity index (χ3n) is 2.96. The summed E-state index contributed by atoms with van der Waals surface area (Å²) in [6.07, 6.45) is 0.635. The second-order valence-electron chi connectivity index (χ2n) is 6.92. The first-order chi connectivity index (χ1) is 10.0. The van der Waals surface area contributed by atoms with E-state index in [0.717, 1.165) is 5.57 Å². The minimum atomic E-state index is -1.22. The second kappa shape index (κ2) is 7.38. The number of benzene rings is 1. The Balaban J connectivity index is 2.80. The van der Waals surface area contributed by atoms with Crippen LogP contribution in [0.4, 0.5) is 4.39 Å². The number of hydrogen-bond acceptors (Lipinski definition) is 2. The number of rotatable bonds is 7. The molecule has 22 heavy (non-hydrogen) atoms. The van der Waals surface area contributed by atoms with Gasteiger partial charge in [0.05, 0.1) is 21.3 Å². The van der Waals surface area contributed by atoms with E-state index in [1.54, 1.807) is 12.1 Å². The van der Waals surface area contributed by atoms with Crippen LogP contribution >= 0.6 is 0 Å². The molecule has 1 N–H and O–H groups in total. The molecule has 5 heteroatoms. The fraction of sp³-hybridized carbons (Fsp3) is 0.529. The number of hydrogen-bond donors (Lipinski definition) is 1. The predicted octanol–water partition coefficient (Wildman–Crippen LogP) is 3.98. The summed E-state index contributed by atoms with van der Waals surface area (Å²) >= 11 is 0. The average Bonchev–Trinajstić information content (AvgIpc) is 2.36. The predicted molar refractivity (Wildman–Crippen MR) is 90.8 cm³/mol. The van der Waals surface area contributed by atoms with Crippen molar-refractivity contribution in [2.24, 2.45) is 0 Å². The van der Waals surface area contributed by atoms with Gasteiger partial charge in [0.15, 0.2) is 0 Å². The van der Waals surface area contributed by atoms with Crippen LogP contribution in [0.5, 0.6) is 5.75 Å². The van der Waals surface area contributed by atoms with Gasteiger partial charge >= 0.3 is 0 Å². The zero-order valence-corrected chi connectivity index (χ0v) is 14.8. The first-order valence-corrected chi connectivity index (χ1v) is 8.39. The fourth-order valence-corrected chi connectivity index (χ4v) is 2.82. The molecular weight excluding hydrogens is 301 g/mol. The fourth-order valence-electron chi connectivity index (χ4n) is 1.93. The van der Waals surface area contributed by atoms with Crippen molar-refractivity contribution in [3.8, 4) is 5.75 Å². The van der Waals surface area contributed by atoms with Gasteiger partial charge in [0.2, 0.25) is 0 Å². The maximum absolute atomic E-state index is 12.9. The largest absolute Gasteiger partial charge is 0.492 e. The van der Waals surface area contributed by atoms with Crippen molar-refractivity contribution in [2.45, 2.75) is 51.3 Å². The van der Waals surface area contributed by atoms with Crippen molar-refractivity contribution in [1.29, 1.82) is 0 Å². The van der Waals surface area contributed by atoms with Gasteiger partial charge in [0.1, 0.15) is 18.2 Å². The van der Waals surface area contributed by atoms with E-state index in [2.05, 4.69) is 11.3 Å². The molecule has 1 aromatic carbocycles. The zero-order valence-electron chi connectivity index (χ0n) is 14.0. The SMILES string of the molecule is C=C(C)CC(C)(COc1ccc(F)cc1)NS(=O)C(C)(C)C. The lowest BCUT2D eigenvalue weighted by Crippen LogP contribution is -2.52. The van der Waals surface area contributed by atoms with E-state index in [1.165, 1.54) is 12.1 Å². The standard InChI is InChI=1S/C17H26FNO2S/c1-13(2)11-17(6,19-22(20)16(3,4)5)12-21-15-9-7-14(18)8-10-15/h7-10,19H,1,11-12H2,2-6H3. The molecule has 0 saturated heterocycles. The van der Waals surface area contributed by atoms with Crippen LogP contribution in [0.2, 0.25) is 0 Å². The zero-order chi connectivity index (χ0) is 17.0. The minimum Gasteiger partial charge on any atom is -0.492 e. The summed E-state index contributed by atoms with van der Waals surface area (Å²) in [5, 5.41) is 0. The first-order valence-electron chi connectivity index (χ1n) is 7.24. The molecule has 1 rings (SSSR count). The van der Waals surface area contributed by atoms with Crippen LogP contribution in [0.1, 0.15) is 41.0 Å². The van der Waals surface area contributed by atoms with Crippen LogP contribution < -0.4 is 9.46 Å². The molecular formula is C17H26FNO2S. The van der Waals surface area contributed by atoms with E-state index in [9.17, 15) is 8.60 Å². The van der Waals surface area contributed by atoms with Crippen LogP contribution in [0, 0.1) is 5.82 Å². The lowest BCUT2D eigenvalue weighted by atomic mass is 9.96. The van der Waals surface area contributed by atoms with Crippen LogP contribution in [0.25, 0.3) is 0 Å². The van der Waals surface area contributed by atoms with E-state index in [0.29, 0.717) is 18.8 Å². The van der Waals surface area contributed by atoms with Crippen molar-refractivity contribution in [1.82, 2.24) is 4.72 Å². The van der Waals surface area contributed by atoms with Gasteiger partial charge < -0.3 is 4.74 Å². The summed E-state index contributed by atoms with van der Waals surface area (Å²) in [4.78, 5) is 0. The van der Waals surface area contributed by atoms with Crippen LogP contribution in [-0.2, 0) is 11.0 Å². The molecule has 2 atom stereocenters.